The minimum atomic E-state index is 0.0725. The largest absolute Gasteiger partial charge is 0.420 e. The molecule has 6 rings (SSSR count). The van der Waals surface area contributed by atoms with Gasteiger partial charge in [0.25, 0.3) is 5.56 Å². The quantitative estimate of drug-likeness (QED) is 0.204. The average Bonchev–Trinajstić information content (AvgIpc) is 3.53. The Morgan fingerprint density at radius 3 is 2.57 bits per heavy atom. The van der Waals surface area contributed by atoms with Gasteiger partial charge in [0.1, 0.15) is 4.83 Å². The van der Waals surface area contributed by atoms with Crippen LogP contribution in [0.2, 0.25) is 0 Å². The lowest BCUT2D eigenvalue weighted by molar-refractivity contribution is 0.527. The van der Waals surface area contributed by atoms with Gasteiger partial charge in [-0.15, -0.1) is 21.5 Å². The van der Waals surface area contributed by atoms with Crippen molar-refractivity contribution >= 4 is 33.3 Å². The monoisotopic (exact) mass is 500 g/mol. The van der Waals surface area contributed by atoms with E-state index in [0.29, 0.717) is 29.2 Å². The van der Waals surface area contributed by atoms with Gasteiger partial charge in [-0.2, -0.15) is 0 Å². The Morgan fingerprint density at radius 2 is 1.74 bits per heavy atom. The molecular formula is C27H24N4O2S2. The van der Waals surface area contributed by atoms with Crippen molar-refractivity contribution in [1.29, 1.82) is 0 Å². The smallest absolute Gasteiger partial charge is 0.263 e. The molecule has 0 radical (unpaired) electrons. The van der Waals surface area contributed by atoms with Crippen LogP contribution in [0.15, 0.2) is 75.0 Å². The van der Waals surface area contributed by atoms with Crippen LogP contribution in [0.4, 0.5) is 0 Å². The zero-order valence-electron chi connectivity index (χ0n) is 19.1. The summed E-state index contributed by atoms with van der Waals surface area (Å²) < 4.78 is 7.73. The van der Waals surface area contributed by atoms with E-state index in [1.165, 1.54) is 34.2 Å². The minimum Gasteiger partial charge on any atom is -0.420 e. The van der Waals surface area contributed by atoms with E-state index in [0.717, 1.165) is 41.5 Å². The number of aryl methyl sites for hydroxylation is 3. The lowest BCUT2D eigenvalue weighted by atomic mass is 9.97. The fourth-order valence-corrected chi connectivity index (χ4v) is 6.71. The minimum absolute atomic E-state index is 0.0725. The van der Waals surface area contributed by atoms with Crippen LogP contribution in [-0.2, 0) is 31.6 Å². The van der Waals surface area contributed by atoms with Crippen molar-refractivity contribution in [2.75, 3.05) is 0 Å². The first-order chi connectivity index (χ1) is 17.3. The Balaban J connectivity index is 1.33. The molecule has 0 saturated heterocycles. The summed E-state index contributed by atoms with van der Waals surface area (Å²) in [6.07, 6.45) is 5.12. The number of hydrogen-bond acceptors (Lipinski definition) is 7. The molecule has 6 nitrogen and oxygen atoms in total. The van der Waals surface area contributed by atoms with Crippen LogP contribution >= 0.6 is 23.1 Å². The number of benzene rings is 2. The number of rotatable bonds is 7. The molecule has 1 aliphatic rings. The highest BCUT2D eigenvalue weighted by Gasteiger charge is 2.22. The van der Waals surface area contributed by atoms with E-state index in [-0.39, 0.29) is 5.56 Å². The maximum absolute atomic E-state index is 13.8. The van der Waals surface area contributed by atoms with Crippen LogP contribution in [0.1, 0.15) is 34.7 Å². The number of fused-ring (bicyclic) bond motifs is 3. The number of thiophene rings is 1. The van der Waals surface area contributed by atoms with E-state index in [1.54, 1.807) is 11.3 Å². The summed E-state index contributed by atoms with van der Waals surface area (Å²) in [5.74, 6) is 1.47. The fourth-order valence-electron chi connectivity index (χ4n) is 4.55. The Bertz CT molecular complexity index is 1520. The number of hydrogen-bond donors (Lipinski definition) is 0. The van der Waals surface area contributed by atoms with E-state index in [1.807, 2.05) is 53.1 Å². The molecule has 176 valence electrons. The van der Waals surface area contributed by atoms with Crippen molar-refractivity contribution in [3.63, 3.8) is 0 Å². The summed E-state index contributed by atoms with van der Waals surface area (Å²) in [7, 11) is 0. The number of thioether (sulfide) groups is 1. The molecule has 1 aliphatic carbocycles. The highest BCUT2D eigenvalue weighted by molar-refractivity contribution is 7.98. The highest BCUT2D eigenvalue weighted by atomic mass is 32.2. The molecule has 8 heteroatoms. The molecule has 35 heavy (non-hydrogen) atoms. The van der Waals surface area contributed by atoms with Gasteiger partial charge in [0, 0.05) is 17.0 Å². The van der Waals surface area contributed by atoms with Gasteiger partial charge >= 0.3 is 0 Å². The Morgan fingerprint density at radius 1 is 0.971 bits per heavy atom. The highest BCUT2D eigenvalue weighted by Crippen LogP contribution is 2.35. The first kappa shape index (κ1) is 22.2. The van der Waals surface area contributed by atoms with Crippen molar-refractivity contribution in [2.45, 2.75) is 49.6 Å². The van der Waals surface area contributed by atoms with E-state index in [4.69, 9.17) is 9.40 Å². The van der Waals surface area contributed by atoms with Crippen LogP contribution in [-0.4, -0.2) is 19.7 Å². The first-order valence-corrected chi connectivity index (χ1v) is 13.7. The number of aromatic nitrogens is 4. The molecule has 0 bridgehead atoms. The maximum atomic E-state index is 13.8. The molecule has 5 aromatic rings. The van der Waals surface area contributed by atoms with Crippen LogP contribution < -0.4 is 5.56 Å². The third kappa shape index (κ3) is 4.56. The van der Waals surface area contributed by atoms with E-state index < -0.39 is 0 Å². The van der Waals surface area contributed by atoms with Gasteiger partial charge in [0.05, 0.1) is 11.1 Å². The molecule has 0 amide bonds. The van der Waals surface area contributed by atoms with Gasteiger partial charge in [-0.05, 0) is 55.4 Å². The van der Waals surface area contributed by atoms with Gasteiger partial charge < -0.3 is 4.42 Å². The van der Waals surface area contributed by atoms with Crippen molar-refractivity contribution in [1.82, 2.24) is 19.7 Å². The van der Waals surface area contributed by atoms with Crippen LogP contribution in [0.3, 0.4) is 0 Å². The van der Waals surface area contributed by atoms with Crippen LogP contribution in [0, 0.1) is 0 Å². The Labute approximate surface area is 211 Å². The Hall–Kier alpha value is -3.23. The molecular weight excluding hydrogens is 476 g/mol. The fraction of sp³-hybridized carbons (Fsp3) is 0.259. The lowest BCUT2D eigenvalue weighted by Crippen LogP contribution is -2.24. The summed E-state index contributed by atoms with van der Waals surface area (Å²) in [5.41, 5.74) is 3.39. The second-order valence-electron chi connectivity index (χ2n) is 8.63. The zero-order valence-corrected chi connectivity index (χ0v) is 20.8. The molecule has 3 heterocycles. The Kier molecular flexibility index (Phi) is 6.22. The van der Waals surface area contributed by atoms with Gasteiger partial charge in [0.15, 0.2) is 5.16 Å². The van der Waals surface area contributed by atoms with Gasteiger partial charge in [-0.1, -0.05) is 60.3 Å². The lowest BCUT2D eigenvalue weighted by Gasteiger charge is -2.13. The zero-order chi connectivity index (χ0) is 23.6. The molecule has 0 spiro atoms. The van der Waals surface area contributed by atoms with Gasteiger partial charge in [0.2, 0.25) is 11.8 Å². The van der Waals surface area contributed by atoms with E-state index >= 15 is 0 Å². The third-order valence-electron chi connectivity index (χ3n) is 6.32. The third-order valence-corrected chi connectivity index (χ3v) is 8.47. The molecule has 0 atom stereocenters. The molecule has 0 saturated carbocycles. The maximum Gasteiger partial charge on any atom is 0.263 e. The predicted molar refractivity (Wildman–Crippen MR) is 140 cm³/mol. The predicted octanol–water partition coefficient (Wildman–Crippen LogP) is 5.92. The van der Waals surface area contributed by atoms with Gasteiger partial charge in [-0.3, -0.25) is 9.36 Å². The van der Waals surface area contributed by atoms with Crippen molar-refractivity contribution in [3.8, 4) is 11.5 Å². The average molecular weight is 501 g/mol. The normalized spacial score (nSPS) is 13.3. The molecule has 0 unspecified atom stereocenters. The second-order valence-corrected chi connectivity index (χ2v) is 10.7. The number of nitrogens with zero attached hydrogens (tertiary/aromatic N) is 4. The van der Waals surface area contributed by atoms with Crippen molar-refractivity contribution in [3.05, 3.63) is 92.9 Å². The van der Waals surface area contributed by atoms with Crippen molar-refractivity contribution < 1.29 is 4.42 Å². The standard InChI is InChI=1S/C27H24N4O2S2/c32-26-23-20-13-7-8-14-21(20)35-25(23)28-27(31(26)16-15-18-9-3-1-4-10-18)34-17-22-29-30-24(33-22)19-11-5-2-6-12-19/h1-6,9-12H,7-8,13-17H2. The van der Waals surface area contributed by atoms with Crippen molar-refractivity contribution in [2.24, 2.45) is 0 Å². The summed E-state index contributed by atoms with van der Waals surface area (Å²) in [6.45, 7) is 0.581. The summed E-state index contributed by atoms with van der Waals surface area (Å²) in [4.78, 5) is 20.9. The topological polar surface area (TPSA) is 73.8 Å². The SMILES string of the molecule is O=c1c2c3c(sc2nc(SCc2nnc(-c4ccccc4)o2)n1CCc1ccccc1)CCCC3. The van der Waals surface area contributed by atoms with Crippen LogP contribution in [0.5, 0.6) is 0 Å². The van der Waals surface area contributed by atoms with Crippen LogP contribution in [0.25, 0.3) is 21.7 Å². The molecule has 0 aliphatic heterocycles. The summed E-state index contributed by atoms with van der Waals surface area (Å²) in [6, 6.07) is 20.0. The van der Waals surface area contributed by atoms with E-state index in [9.17, 15) is 4.79 Å². The summed E-state index contributed by atoms with van der Waals surface area (Å²) >= 11 is 3.17. The molecule has 2 aromatic carbocycles. The molecule has 3 aromatic heterocycles. The summed E-state index contributed by atoms with van der Waals surface area (Å²) in [5, 5.41) is 9.94. The first-order valence-electron chi connectivity index (χ1n) is 11.9. The molecule has 0 fully saturated rings. The van der Waals surface area contributed by atoms with E-state index in [2.05, 4.69) is 22.3 Å². The van der Waals surface area contributed by atoms with Gasteiger partial charge in [-0.25, -0.2) is 4.98 Å². The molecule has 0 N–H and O–H groups in total. The second kappa shape index (κ2) is 9.79.